The Kier molecular flexibility index (Phi) is 8.90. The van der Waals surface area contributed by atoms with Gasteiger partial charge in [-0.1, -0.05) is 61.9 Å². The van der Waals surface area contributed by atoms with Crippen LogP contribution in [0.3, 0.4) is 0 Å². The molecule has 0 aliphatic rings. The lowest BCUT2D eigenvalue weighted by Crippen LogP contribution is -2.51. The van der Waals surface area contributed by atoms with E-state index in [1.807, 2.05) is 83.1 Å². The van der Waals surface area contributed by atoms with Crippen LogP contribution in [-0.4, -0.2) is 35.4 Å². The Morgan fingerprint density at radius 3 is 2.33 bits per heavy atom. The van der Waals surface area contributed by atoms with E-state index in [0.29, 0.717) is 18.7 Å². The molecule has 5 heteroatoms. The van der Waals surface area contributed by atoms with Gasteiger partial charge in [0.2, 0.25) is 5.91 Å². The molecule has 0 aliphatic carbocycles. The third-order valence-corrected chi connectivity index (χ3v) is 5.26. The maximum Gasteiger partial charge on any atom is 0.261 e. The first-order valence-electron chi connectivity index (χ1n) is 10.7. The largest absolute Gasteiger partial charge is 0.483 e. The molecule has 162 valence electrons. The molecule has 0 aromatic heterocycles. The van der Waals surface area contributed by atoms with Crippen LogP contribution >= 0.6 is 0 Å². The number of hydrogen-bond donors (Lipinski definition) is 1. The summed E-state index contributed by atoms with van der Waals surface area (Å²) >= 11 is 0. The summed E-state index contributed by atoms with van der Waals surface area (Å²) in [6.07, 6.45) is 1.37. The number of nitrogens with one attached hydrogen (secondary N) is 1. The molecule has 2 atom stereocenters. The molecule has 30 heavy (non-hydrogen) atoms. The van der Waals surface area contributed by atoms with Crippen molar-refractivity contribution < 1.29 is 14.3 Å². The molecule has 0 unspecified atom stereocenters. The lowest BCUT2D eigenvalue weighted by atomic mass is 10.1. The van der Waals surface area contributed by atoms with Crippen molar-refractivity contribution in [1.82, 2.24) is 10.2 Å². The van der Waals surface area contributed by atoms with E-state index >= 15 is 0 Å². The molecule has 2 rings (SSSR count). The average Bonchev–Trinajstić information content (AvgIpc) is 2.73. The molecular formula is C25H34N2O3. The molecule has 0 fully saturated rings. The van der Waals surface area contributed by atoms with Gasteiger partial charge >= 0.3 is 0 Å². The molecule has 0 radical (unpaired) electrons. The number of benzene rings is 2. The van der Waals surface area contributed by atoms with E-state index in [9.17, 15) is 9.59 Å². The van der Waals surface area contributed by atoms with Gasteiger partial charge in [-0.15, -0.1) is 0 Å². The fourth-order valence-electron chi connectivity index (χ4n) is 3.32. The Bertz CT molecular complexity index is 836. The van der Waals surface area contributed by atoms with Crippen molar-refractivity contribution in [2.45, 2.75) is 66.1 Å². The molecule has 0 spiro atoms. The summed E-state index contributed by atoms with van der Waals surface area (Å²) in [7, 11) is 0. The van der Waals surface area contributed by atoms with Crippen LogP contribution < -0.4 is 10.1 Å². The number of amides is 2. The van der Waals surface area contributed by atoms with Crippen LogP contribution in [0.1, 0.15) is 50.3 Å². The molecule has 0 bridgehead atoms. The smallest absolute Gasteiger partial charge is 0.261 e. The summed E-state index contributed by atoms with van der Waals surface area (Å²) in [5, 5.41) is 3.02. The molecule has 0 saturated carbocycles. The summed E-state index contributed by atoms with van der Waals surface area (Å²) in [6.45, 7) is 10.2. The highest BCUT2D eigenvalue weighted by molar-refractivity contribution is 5.88. The number of nitrogens with zero attached hydrogens (tertiary/aromatic N) is 1. The van der Waals surface area contributed by atoms with Gasteiger partial charge in [-0.25, -0.2) is 0 Å². The van der Waals surface area contributed by atoms with Crippen molar-refractivity contribution in [2.24, 2.45) is 0 Å². The normalized spacial score (nSPS) is 12.7. The van der Waals surface area contributed by atoms with Gasteiger partial charge in [0.1, 0.15) is 11.8 Å². The van der Waals surface area contributed by atoms with E-state index in [2.05, 4.69) is 5.32 Å². The zero-order chi connectivity index (χ0) is 22.1. The lowest BCUT2D eigenvalue weighted by molar-refractivity contribution is -0.143. The average molecular weight is 411 g/mol. The number of rotatable bonds is 10. The molecule has 2 amide bonds. The highest BCUT2D eigenvalue weighted by Gasteiger charge is 2.29. The molecule has 0 aliphatic heterocycles. The predicted octanol–water partition coefficient (Wildman–Crippen LogP) is 4.40. The Balaban J connectivity index is 2.20. The predicted molar refractivity (Wildman–Crippen MR) is 120 cm³/mol. The summed E-state index contributed by atoms with van der Waals surface area (Å²) in [6, 6.07) is 15.1. The SMILES string of the molecule is CC[C@H](C(=O)N[C@@H](C)CC)N(Cc1ccccc1)C(=O)COc1ccc(C)cc1C. The van der Waals surface area contributed by atoms with E-state index < -0.39 is 6.04 Å². The molecule has 0 heterocycles. The van der Waals surface area contributed by atoms with Crippen LogP contribution in [0.15, 0.2) is 48.5 Å². The van der Waals surface area contributed by atoms with E-state index in [1.165, 1.54) is 0 Å². The van der Waals surface area contributed by atoms with Gasteiger partial charge in [-0.2, -0.15) is 0 Å². The summed E-state index contributed by atoms with van der Waals surface area (Å²) in [5.74, 6) is 0.360. The van der Waals surface area contributed by atoms with Gasteiger partial charge in [-0.3, -0.25) is 9.59 Å². The van der Waals surface area contributed by atoms with Crippen LogP contribution in [0, 0.1) is 13.8 Å². The third kappa shape index (κ3) is 6.61. The van der Waals surface area contributed by atoms with Crippen LogP contribution in [0.5, 0.6) is 5.75 Å². The number of carbonyl (C=O) groups is 2. The van der Waals surface area contributed by atoms with Gasteiger partial charge in [0.05, 0.1) is 0 Å². The first kappa shape index (κ1) is 23.5. The van der Waals surface area contributed by atoms with Crippen molar-refractivity contribution in [1.29, 1.82) is 0 Å². The van der Waals surface area contributed by atoms with Crippen molar-refractivity contribution in [3.8, 4) is 5.75 Å². The molecule has 5 nitrogen and oxygen atoms in total. The number of aryl methyl sites for hydroxylation is 2. The second-order valence-electron chi connectivity index (χ2n) is 7.81. The first-order valence-corrected chi connectivity index (χ1v) is 10.7. The minimum Gasteiger partial charge on any atom is -0.483 e. The van der Waals surface area contributed by atoms with Crippen LogP contribution in [0.4, 0.5) is 0 Å². The summed E-state index contributed by atoms with van der Waals surface area (Å²) in [4.78, 5) is 27.7. The van der Waals surface area contributed by atoms with Gasteiger partial charge in [0.25, 0.3) is 5.91 Å². The van der Waals surface area contributed by atoms with Crippen molar-refractivity contribution >= 4 is 11.8 Å². The molecule has 2 aromatic rings. The number of ether oxygens (including phenoxy) is 1. The second-order valence-corrected chi connectivity index (χ2v) is 7.81. The van der Waals surface area contributed by atoms with Gasteiger partial charge < -0.3 is 15.0 Å². The third-order valence-electron chi connectivity index (χ3n) is 5.26. The van der Waals surface area contributed by atoms with Crippen LogP contribution in [0.2, 0.25) is 0 Å². The van der Waals surface area contributed by atoms with Gasteiger partial charge in [0, 0.05) is 12.6 Å². The quantitative estimate of drug-likeness (QED) is 0.631. The van der Waals surface area contributed by atoms with E-state index in [0.717, 1.165) is 23.1 Å². The Morgan fingerprint density at radius 2 is 1.73 bits per heavy atom. The highest BCUT2D eigenvalue weighted by Crippen LogP contribution is 2.19. The molecular weight excluding hydrogens is 376 g/mol. The monoisotopic (exact) mass is 410 g/mol. The maximum atomic E-state index is 13.2. The topological polar surface area (TPSA) is 58.6 Å². The van der Waals surface area contributed by atoms with E-state index in [1.54, 1.807) is 4.90 Å². The first-order chi connectivity index (χ1) is 14.3. The minimum absolute atomic E-state index is 0.0617. The maximum absolute atomic E-state index is 13.2. The Hall–Kier alpha value is -2.82. The standard InChI is InChI=1S/C25H34N2O3/c1-6-20(5)26-25(29)22(7-2)27(16-21-11-9-8-10-12-21)24(28)17-30-23-14-13-18(3)15-19(23)4/h8-15,20,22H,6-7,16-17H2,1-5H3,(H,26,29)/t20-,22+/m0/s1. The zero-order valence-corrected chi connectivity index (χ0v) is 18.8. The van der Waals surface area contributed by atoms with Crippen molar-refractivity contribution in [3.05, 3.63) is 65.2 Å². The summed E-state index contributed by atoms with van der Waals surface area (Å²) < 4.78 is 5.83. The van der Waals surface area contributed by atoms with Crippen molar-refractivity contribution in [2.75, 3.05) is 6.61 Å². The van der Waals surface area contributed by atoms with Crippen LogP contribution in [-0.2, 0) is 16.1 Å². The summed E-state index contributed by atoms with van der Waals surface area (Å²) in [5.41, 5.74) is 3.11. The van der Waals surface area contributed by atoms with Gasteiger partial charge in [-0.05, 0) is 50.8 Å². The zero-order valence-electron chi connectivity index (χ0n) is 18.8. The number of carbonyl (C=O) groups excluding carboxylic acids is 2. The molecule has 0 saturated heterocycles. The lowest BCUT2D eigenvalue weighted by Gasteiger charge is -2.31. The fraction of sp³-hybridized carbons (Fsp3) is 0.440. The van der Waals surface area contributed by atoms with Crippen LogP contribution in [0.25, 0.3) is 0 Å². The second kappa shape index (κ2) is 11.4. The molecule has 1 N–H and O–H groups in total. The van der Waals surface area contributed by atoms with E-state index in [4.69, 9.17) is 4.74 Å². The number of hydrogen-bond acceptors (Lipinski definition) is 3. The fourth-order valence-corrected chi connectivity index (χ4v) is 3.32. The Morgan fingerprint density at radius 1 is 1.03 bits per heavy atom. The van der Waals surface area contributed by atoms with Crippen molar-refractivity contribution in [3.63, 3.8) is 0 Å². The Labute approximate surface area is 180 Å². The van der Waals surface area contributed by atoms with Gasteiger partial charge in [0.15, 0.2) is 6.61 Å². The van der Waals surface area contributed by atoms with E-state index in [-0.39, 0.29) is 24.5 Å². The minimum atomic E-state index is -0.547. The highest BCUT2D eigenvalue weighted by atomic mass is 16.5. The molecule has 2 aromatic carbocycles.